The third-order valence-electron chi connectivity index (χ3n) is 4.58. The summed E-state index contributed by atoms with van der Waals surface area (Å²) >= 11 is 0. The van der Waals surface area contributed by atoms with Gasteiger partial charge < -0.3 is 20.3 Å². The van der Waals surface area contributed by atoms with E-state index in [0.29, 0.717) is 44.0 Å². The van der Waals surface area contributed by atoms with Crippen molar-refractivity contribution in [2.24, 2.45) is 0 Å². The summed E-state index contributed by atoms with van der Waals surface area (Å²) < 4.78 is 5.45. The fraction of sp³-hybridized carbons (Fsp3) is 0.529. The van der Waals surface area contributed by atoms with Crippen molar-refractivity contribution in [3.8, 4) is 0 Å². The van der Waals surface area contributed by atoms with Crippen molar-refractivity contribution >= 4 is 29.9 Å². The van der Waals surface area contributed by atoms with Gasteiger partial charge in [0.15, 0.2) is 0 Å². The Hall–Kier alpha value is -1.79. The summed E-state index contributed by atoms with van der Waals surface area (Å²) in [5.41, 5.74) is 7.94. The molecule has 0 radical (unpaired) electrons. The van der Waals surface area contributed by atoms with E-state index in [2.05, 4.69) is 0 Å². The monoisotopic (exact) mass is 353 g/mol. The van der Waals surface area contributed by atoms with E-state index < -0.39 is 0 Å². The Morgan fingerprint density at radius 3 is 2.46 bits per heavy atom. The molecule has 1 aromatic carbocycles. The Morgan fingerprint density at radius 1 is 1.17 bits per heavy atom. The minimum absolute atomic E-state index is 0. The molecule has 0 saturated carbocycles. The number of hydrogen-bond donors (Lipinski definition) is 1. The molecule has 3 rings (SSSR count). The molecule has 0 aliphatic carbocycles. The van der Waals surface area contributed by atoms with E-state index in [1.54, 1.807) is 17.0 Å². The highest BCUT2D eigenvalue weighted by atomic mass is 35.5. The molecule has 2 fully saturated rings. The summed E-state index contributed by atoms with van der Waals surface area (Å²) in [7, 11) is 0. The minimum atomic E-state index is -0.284. The average molecular weight is 354 g/mol. The normalized spacial score (nSPS) is 20.6. The maximum absolute atomic E-state index is 12.6. The number of hydrogen-bond acceptors (Lipinski definition) is 4. The molecule has 7 heteroatoms. The lowest BCUT2D eigenvalue weighted by Crippen LogP contribution is -2.52. The number of benzene rings is 1. The van der Waals surface area contributed by atoms with Crippen molar-refractivity contribution in [3.05, 3.63) is 29.3 Å². The first-order valence-corrected chi connectivity index (χ1v) is 8.12. The molecule has 2 aliphatic rings. The van der Waals surface area contributed by atoms with Gasteiger partial charge in [-0.25, -0.2) is 0 Å². The fourth-order valence-corrected chi connectivity index (χ4v) is 3.15. The molecule has 2 saturated heterocycles. The van der Waals surface area contributed by atoms with Crippen LogP contribution in [0.5, 0.6) is 0 Å². The second-order valence-electron chi connectivity index (χ2n) is 6.19. The van der Waals surface area contributed by atoms with Crippen molar-refractivity contribution < 1.29 is 14.3 Å². The number of anilines is 1. The summed E-state index contributed by atoms with van der Waals surface area (Å²) in [6, 6.07) is 5.38. The maximum atomic E-state index is 12.6. The first-order valence-electron chi connectivity index (χ1n) is 8.12. The van der Waals surface area contributed by atoms with Crippen molar-refractivity contribution in [1.82, 2.24) is 9.80 Å². The second-order valence-corrected chi connectivity index (χ2v) is 6.19. The number of ether oxygens (including phenoxy) is 1. The number of aryl methyl sites for hydroxylation is 1. The summed E-state index contributed by atoms with van der Waals surface area (Å²) in [6.45, 7) is 4.79. The van der Waals surface area contributed by atoms with Gasteiger partial charge in [0.05, 0.1) is 0 Å². The van der Waals surface area contributed by atoms with Crippen LogP contribution in [0.2, 0.25) is 0 Å². The van der Waals surface area contributed by atoms with Gasteiger partial charge >= 0.3 is 0 Å². The van der Waals surface area contributed by atoms with Crippen LogP contribution in [0, 0.1) is 6.92 Å². The van der Waals surface area contributed by atoms with Gasteiger partial charge in [0.1, 0.15) is 6.10 Å². The Kier molecular flexibility index (Phi) is 6.07. The topological polar surface area (TPSA) is 75.9 Å². The van der Waals surface area contributed by atoms with Crippen LogP contribution < -0.4 is 5.73 Å². The van der Waals surface area contributed by atoms with Gasteiger partial charge in [-0.15, -0.1) is 12.4 Å². The first-order chi connectivity index (χ1) is 11.1. The number of piperazine rings is 1. The number of rotatable bonds is 2. The van der Waals surface area contributed by atoms with E-state index in [1.165, 1.54) is 0 Å². The van der Waals surface area contributed by atoms with Crippen LogP contribution in [0.3, 0.4) is 0 Å². The quantitative estimate of drug-likeness (QED) is 0.817. The lowest BCUT2D eigenvalue weighted by Gasteiger charge is -2.36. The summed E-state index contributed by atoms with van der Waals surface area (Å²) in [4.78, 5) is 28.6. The van der Waals surface area contributed by atoms with Crippen LogP contribution in [-0.2, 0) is 9.53 Å². The highest BCUT2D eigenvalue weighted by Gasteiger charge is 2.31. The Balaban J connectivity index is 0.00000208. The van der Waals surface area contributed by atoms with Gasteiger partial charge in [-0.2, -0.15) is 0 Å². The second kappa shape index (κ2) is 7.85. The standard InChI is InChI=1S/C17H23N3O3.ClH/c1-12-4-5-13(18)11-14(12)16(21)19-6-8-20(9-7-19)17(22)15-3-2-10-23-15;/h4-5,11,15H,2-3,6-10,18H2,1H3;1H. The summed E-state index contributed by atoms with van der Waals surface area (Å²) in [6.07, 6.45) is 1.47. The Morgan fingerprint density at radius 2 is 1.83 bits per heavy atom. The molecule has 2 amide bonds. The van der Waals surface area contributed by atoms with Crippen LogP contribution in [0.15, 0.2) is 18.2 Å². The van der Waals surface area contributed by atoms with Gasteiger partial charge in [-0.05, 0) is 37.5 Å². The zero-order valence-corrected chi connectivity index (χ0v) is 14.7. The molecule has 2 aliphatic heterocycles. The number of carbonyl (C=O) groups excluding carboxylic acids is 2. The Bertz CT molecular complexity index is 609. The van der Waals surface area contributed by atoms with Crippen LogP contribution in [0.25, 0.3) is 0 Å². The summed E-state index contributed by atoms with van der Waals surface area (Å²) in [5.74, 6) is 0.0498. The predicted octanol–water partition coefficient (Wildman–Crippen LogP) is 1.46. The third-order valence-corrected chi connectivity index (χ3v) is 4.58. The van der Waals surface area contributed by atoms with E-state index in [4.69, 9.17) is 10.5 Å². The largest absolute Gasteiger partial charge is 0.399 e. The molecule has 0 spiro atoms. The van der Waals surface area contributed by atoms with E-state index in [0.717, 1.165) is 18.4 Å². The van der Waals surface area contributed by atoms with Gasteiger partial charge in [0.2, 0.25) is 0 Å². The van der Waals surface area contributed by atoms with Crippen LogP contribution in [-0.4, -0.2) is 60.5 Å². The van der Waals surface area contributed by atoms with Gasteiger partial charge in [-0.1, -0.05) is 6.07 Å². The van der Waals surface area contributed by atoms with Crippen LogP contribution in [0.4, 0.5) is 5.69 Å². The molecule has 1 atom stereocenters. The fourth-order valence-electron chi connectivity index (χ4n) is 3.15. The molecule has 24 heavy (non-hydrogen) atoms. The number of carbonyl (C=O) groups is 2. The first kappa shape index (κ1) is 18.5. The number of nitrogens with two attached hydrogens (primary N) is 1. The van der Waals surface area contributed by atoms with E-state index in [1.807, 2.05) is 17.9 Å². The highest BCUT2D eigenvalue weighted by molar-refractivity contribution is 5.96. The molecular weight excluding hydrogens is 330 g/mol. The lowest BCUT2D eigenvalue weighted by molar-refractivity contribution is -0.142. The van der Waals surface area contributed by atoms with Crippen molar-refractivity contribution in [2.45, 2.75) is 25.9 Å². The van der Waals surface area contributed by atoms with Crippen molar-refractivity contribution in [1.29, 1.82) is 0 Å². The van der Waals surface area contributed by atoms with Gasteiger partial charge in [0, 0.05) is 44.0 Å². The van der Waals surface area contributed by atoms with Crippen LogP contribution in [0.1, 0.15) is 28.8 Å². The Labute approximate surface area is 148 Å². The van der Waals surface area contributed by atoms with Gasteiger partial charge in [0.25, 0.3) is 11.8 Å². The number of nitrogens with zero attached hydrogens (tertiary/aromatic N) is 2. The SMILES string of the molecule is Cc1ccc(N)cc1C(=O)N1CCN(C(=O)C2CCCO2)CC1.Cl. The smallest absolute Gasteiger partial charge is 0.254 e. The average Bonchev–Trinajstić information content (AvgIpc) is 3.10. The van der Waals surface area contributed by atoms with E-state index in [-0.39, 0.29) is 30.3 Å². The van der Waals surface area contributed by atoms with Crippen molar-refractivity contribution in [2.75, 3.05) is 38.5 Å². The molecule has 0 aromatic heterocycles. The minimum Gasteiger partial charge on any atom is -0.399 e. The van der Waals surface area contributed by atoms with Gasteiger partial charge in [-0.3, -0.25) is 9.59 Å². The predicted molar refractivity (Wildman–Crippen MR) is 94.3 cm³/mol. The molecule has 0 bridgehead atoms. The zero-order chi connectivity index (χ0) is 16.4. The van der Waals surface area contributed by atoms with Crippen LogP contribution >= 0.6 is 12.4 Å². The lowest BCUT2D eigenvalue weighted by atomic mass is 10.1. The third kappa shape index (κ3) is 3.82. The molecular formula is C17H24ClN3O3. The molecule has 1 unspecified atom stereocenters. The number of halogens is 1. The van der Waals surface area contributed by atoms with Crippen molar-refractivity contribution in [3.63, 3.8) is 0 Å². The molecule has 2 heterocycles. The number of nitrogen functional groups attached to an aromatic ring is 1. The molecule has 2 N–H and O–H groups in total. The highest BCUT2D eigenvalue weighted by Crippen LogP contribution is 2.18. The molecule has 1 aromatic rings. The van der Waals surface area contributed by atoms with E-state index >= 15 is 0 Å². The zero-order valence-electron chi connectivity index (χ0n) is 13.9. The van der Waals surface area contributed by atoms with E-state index in [9.17, 15) is 9.59 Å². The molecule has 6 nitrogen and oxygen atoms in total. The number of amides is 2. The molecule has 132 valence electrons. The maximum Gasteiger partial charge on any atom is 0.254 e. The summed E-state index contributed by atoms with van der Waals surface area (Å²) in [5, 5.41) is 0.